The van der Waals surface area contributed by atoms with Crippen molar-refractivity contribution in [1.82, 2.24) is 14.9 Å². The van der Waals surface area contributed by atoms with Crippen molar-refractivity contribution in [2.24, 2.45) is 5.73 Å². The zero-order chi connectivity index (χ0) is 14.7. The normalized spacial score (nSPS) is 16.7. The Morgan fingerprint density at radius 1 is 1.30 bits per heavy atom. The first-order valence-electron chi connectivity index (χ1n) is 7.07. The van der Waals surface area contributed by atoms with Gasteiger partial charge in [0.1, 0.15) is 11.6 Å². The second kappa shape index (κ2) is 6.17. The number of primary amides is 1. The van der Waals surface area contributed by atoms with Gasteiger partial charge in [-0.25, -0.2) is 9.97 Å². The third kappa shape index (κ3) is 3.66. The maximum Gasteiger partial charge on any atom is 0.231 e. The van der Waals surface area contributed by atoms with Gasteiger partial charge in [-0.05, 0) is 6.92 Å². The molecule has 0 atom stereocenters. The summed E-state index contributed by atoms with van der Waals surface area (Å²) in [5.74, 6) is 1.93. The molecule has 1 aromatic heterocycles. The monoisotopic (exact) mass is 277 g/mol. The number of carbonyl (C=O) groups is 1. The highest BCUT2D eigenvalue weighted by Crippen LogP contribution is 2.18. The van der Waals surface area contributed by atoms with E-state index in [1.165, 1.54) is 0 Å². The second-order valence-corrected chi connectivity index (χ2v) is 5.61. The van der Waals surface area contributed by atoms with Crippen LogP contribution in [0, 0.1) is 6.92 Å². The largest absolute Gasteiger partial charge is 0.369 e. The fourth-order valence-corrected chi connectivity index (χ4v) is 2.35. The van der Waals surface area contributed by atoms with Crippen LogP contribution in [0.5, 0.6) is 0 Å². The molecule has 0 saturated carbocycles. The van der Waals surface area contributed by atoms with Crippen LogP contribution >= 0.6 is 0 Å². The van der Waals surface area contributed by atoms with Crippen LogP contribution in [0.4, 0.5) is 5.82 Å². The number of nitrogens with zero attached hydrogens (tertiary/aromatic N) is 4. The first kappa shape index (κ1) is 14.7. The van der Waals surface area contributed by atoms with Gasteiger partial charge in [-0.15, -0.1) is 0 Å². The van der Waals surface area contributed by atoms with E-state index < -0.39 is 0 Å². The van der Waals surface area contributed by atoms with Crippen molar-refractivity contribution in [3.8, 4) is 0 Å². The molecule has 0 unspecified atom stereocenters. The van der Waals surface area contributed by atoms with Gasteiger partial charge in [0, 0.05) is 43.9 Å². The van der Waals surface area contributed by atoms with Crippen LogP contribution < -0.4 is 10.6 Å². The number of amides is 1. The first-order valence-corrected chi connectivity index (χ1v) is 7.07. The predicted octanol–water partition coefficient (Wildman–Crippen LogP) is 0.516. The third-order valence-corrected chi connectivity index (χ3v) is 3.45. The highest BCUT2D eigenvalue weighted by atomic mass is 16.1. The van der Waals surface area contributed by atoms with Crippen molar-refractivity contribution in [2.75, 3.05) is 37.6 Å². The number of rotatable bonds is 4. The molecule has 1 fully saturated rings. The van der Waals surface area contributed by atoms with E-state index in [4.69, 9.17) is 5.73 Å². The first-order chi connectivity index (χ1) is 9.45. The summed E-state index contributed by atoms with van der Waals surface area (Å²) >= 11 is 0. The average molecular weight is 277 g/mol. The number of anilines is 1. The van der Waals surface area contributed by atoms with E-state index in [0.29, 0.717) is 12.5 Å². The van der Waals surface area contributed by atoms with Crippen molar-refractivity contribution in [1.29, 1.82) is 0 Å². The summed E-state index contributed by atoms with van der Waals surface area (Å²) in [6, 6.07) is 2.02. The van der Waals surface area contributed by atoms with Gasteiger partial charge in [-0.2, -0.15) is 0 Å². The zero-order valence-electron chi connectivity index (χ0n) is 12.5. The van der Waals surface area contributed by atoms with Crippen LogP contribution in [0.1, 0.15) is 31.3 Å². The molecule has 2 heterocycles. The lowest BCUT2D eigenvalue weighted by Gasteiger charge is -2.35. The van der Waals surface area contributed by atoms with Gasteiger partial charge in [0.05, 0.1) is 6.54 Å². The summed E-state index contributed by atoms with van der Waals surface area (Å²) in [5.41, 5.74) is 6.23. The molecule has 1 aromatic rings. The standard InChI is InChI=1S/C14H23N5O/c1-10(2)14-16-11(3)8-13(17-14)19-6-4-18(5-7-19)9-12(15)20/h8,10H,4-7,9H2,1-3H3,(H2,15,20). The van der Waals surface area contributed by atoms with Crippen LogP contribution in [0.25, 0.3) is 0 Å². The summed E-state index contributed by atoms with van der Waals surface area (Å²) in [5, 5.41) is 0. The minimum Gasteiger partial charge on any atom is -0.369 e. The summed E-state index contributed by atoms with van der Waals surface area (Å²) in [7, 11) is 0. The van der Waals surface area contributed by atoms with Gasteiger partial charge >= 0.3 is 0 Å². The fraction of sp³-hybridized carbons (Fsp3) is 0.643. The molecule has 0 radical (unpaired) electrons. The molecular formula is C14H23N5O. The lowest BCUT2D eigenvalue weighted by atomic mass is 10.2. The SMILES string of the molecule is Cc1cc(N2CCN(CC(N)=O)CC2)nc(C(C)C)n1. The minimum atomic E-state index is -0.265. The van der Waals surface area contributed by atoms with E-state index >= 15 is 0 Å². The maximum atomic E-state index is 10.9. The number of aryl methyl sites for hydroxylation is 1. The van der Waals surface area contributed by atoms with Crippen LogP contribution in [-0.2, 0) is 4.79 Å². The molecule has 0 aliphatic carbocycles. The highest BCUT2D eigenvalue weighted by Gasteiger charge is 2.20. The number of aromatic nitrogens is 2. The number of piperazine rings is 1. The molecule has 6 nitrogen and oxygen atoms in total. The van der Waals surface area contributed by atoms with E-state index in [0.717, 1.165) is 43.5 Å². The number of nitrogens with two attached hydrogens (primary N) is 1. The van der Waals surface area contributed by atoms with Crippen molar-refractivity contribution in [3.63, 3.8) is 0 Å². The van der Waals surface area contributed by atoms with E-state index in [1.54, 1.807) is 0 Å². The molecule has 0 spiro atoms. The Morgan fingerprint density at radius 2 is 1.95 bits per heavy atom. The van der Waals surface area contributed by atoms with E-state index in [2.05, 4.69) is 33.6 Å². The van der Waals surface area contributed by atoms with Crippen LogP contribution in [0.2, 0.25) is 0 Å². The molecule has 0 aromatic carbocycles. The van der Waals surface area contributed by atoms with Crippen molar-refractivity contribution >= 4 is 11.7 Å². The topological polar surface area (TPSA) is 75.3 Å². The molecule has 6 heteroatoms. The Labute approximate surface area is 120 Å². The van der Waals surface area contributed by atoms with Gasteiger partial charge in [0.25, 0.3) is 0 Å². The molecule has 1 saturated heterocycles. The lowest BCUT2D eigenvalue weighted by molar-refractivity contribution is -0.119. The average Bonchev–Trinajstić information content (AvgIpc) is 2.38. The fourth-order valence-electron chi connectivity index (χ4n) is 2.35. The summed E-state index contributed by atoms with van der Waals surface area (Å²) in [6.07, 6.45) is 0. The highest BCUT2D eigenvalue weighted by molar-refractivity contribution is 5.75. The van der Waals surface area contributed by atoms with Crippen LogP contribution in [0.15, 0.2) is 6.07 Å². The third-order valence-electron chi connectivity index (χ3n) is 3.45. The summed E-state index contributed by atoms with van der Waals surface area (Å²) in [6.45, 7) is 9.94. The molecule has 2 rings (SSSR count). The minimum absolute atomic E-state index is 0.265. The summed E-state index contributed by atoms with van der Waals surface area (Å²) in [4.78, 5) is 24.4. The van der Waals surface area contributed by atoms with Gasteiger partial charge in [-0.3, -0.25) is 9.69 Å². The molecule has 0 bridgehead atoms. The number of hydrogen-bond acceptors (Lipinski definition) is 5. The van der Waals surface area contributed by atoms with E-state index in [-0.39, 0.29) is 5.91 Å². The van der Waals surface area contributed by atoms with Crippen molar-refractivity contribution < 1.29 is 4.79 Å². The van der Waals surface area contributed by atoms with Crippen LogP contribution in [-0.4, -0.2) is 53.5 Å². The zero-order valence-corrected chi connectivity index (χ0v) is 12.5. The maximum absolute atomic E-state index is 10.9. The molecule has 110 valence electrons. The molecule has 1 aliphatic heterocycles. The van der Waals surface area contributed by atoms with Crippen LogP contribution in [0.3, 0.4) is 0 Å². The van der Waals surface area contributed by atoms with Gasteiger partial charge in [-0.1, -0.05) is 13.8 Å². The second-order valence-electron chi connectivity index (χ2n) is 5.61. The Balaban J connectivity index is 2.05. The molecular weight excluding hydrogens is 254 g/mol. The predicted molar refractivity (Wildman–Crippen MR) is 78.7 cm³/mol. The Kier molecular flexibility index (Phi) is 4.54. The van der Waals surface area contributed by atoms with Crippen molar-refractivity contribution in [2.45, 2.75) is 26.7 Å². The molecule has 20 heavy (non-hydrogen) atoms. The Morgan fingerprint density at radius 3 is 2.50 bits per heavy atom. The Hall–Kier alpha value is -1.69. The van der Waals surface area contributed by atoms with Gasteiger partial charge < -0.3 is 10.6 Å². The smallest absolute Gasteiger partial charge is 0.231 e. The van der Waals surface area contributed by atoms with Gasteiger partial charge in [0.15, 0.2) is 0 Å². The molecule has 2 N–H and O–H groups in total. The number of carbonyl (C=O) groups excluding carboxylic acids is 1. The van der Waals surface area contributed by atoms with Gasteiger partial charge in [0.2, 0.25) is 5.91 Å². The van der Waals surface area contributed by atoms with Crippen molar-refractivity contribution in [3.05, 3.63) is 17.6 Å². The van der Waals surface area contributed by atoms with E-state index in [1.807, 2.05) is 13.0 Å². The molecule has 1 amide bonds. The van der Waals surface area contributed by atoms with E-state index in [9.17, 15) is 4.79 Å². The Bertz CT molecular complexity index is 480. The molecule has 1 aliphatic rings. The quantitative estimate of drug-likeness (QED) is 0.868. The summed E-state index contributed by atoms with van der Waals surface area (Å²) < 4.78 is 0. The number of hydrogen-bond donors (Lipinski definition) is 1. The lowest BCUT2D eigenvalue weighted by Crippen LogP contribution is -2.49.